The molecule has 0 aromatic heterocycles. The first-order chi connectivity index (χ1) is 21.3. The van der Waals surface area contributed by atoms with Crippen LogP contribution in [-0.2, 0) is 9.59 Å². The number of rotatable bonds is 34. The van der Waals surface area contributed by atoms with Gasteiger partial charge in [0, 0.05) is 6.42 Å². The predicted octanol–water partition coefficient (Wildman–Crippen LogP) is 13.7. The normalized spacial score (nSPS) is 11.4. The largest absolute Gasteiger partial charge is 0.481 e. The lowest BCUT2D eigenvalue weighted by Gasteiger charge is -2.23. The van der Waals surface area contributed by atoms with Crippen LogP contribution in [0.3, 0.4) is 0 Å². The summed E-state index contributed by atoms with van der Waals surface area (Å²) in [6.07, 6.45) is 38.6. The van der Waals surface area contributed by atoms with E-state index >= 15 is 0 Å². The topological polar surface area (TPSA) is 74.6 Å². The Labute approximate surface area is 283 Å². The molecule has 0 aliphatic rings. The summed E-state index contributed by atoms with van der Waals surface area (Å²) in [4.78, 5) is 21.3. The van der Waals surface area contributed by atoms with Gasteiger partial charge in [0.05, 0.1) is 0 Å². The van der Waals surface area contributed by atoms with E-state index in [0.717, 1.165) is 24.3 Å². The van der Waals surface area contributed by atoms with Crippen molar-refractivity contribution in [1.82, 2.24) is 0 Å². The van der Waals surface area contributed by atoms with Gasteiger partial charge in [0.2, 0.25) is 0 Å². The molecule has 0 unspecified atom stereocenters. The molecule has 0 spiro atoms. The Morgan fingerprint density at radius 1 is 0.432 bits per heavy atom. The summed E-state index contributed by atoms with van der Waals surface area (Å²) in [7, 11) is 0. The summed E-state index contributed by atoms with van der Waals surface area (Å²) in [5, 5.41) is 17.5. The van der Waals surface area contributed by atoms with Crippen molar-refractivity contribution in [2.24, 2.45) is 0 Å². The van der Waals surface area contributed by atoms with Crippen molar-refractivity contribution in [2.75, 3.05) is 11.5 Å². The number of thioether (sulfide) groups is 2. The van der Waals surface area contributed by atoms with Crippen LogP contribution < -0.4 is 0 Å². The highest BCUT2D eigenvalue weighted by Crippen LogP contribution is 2.38. The molecule has 0 aromatic rings. The third-order valence-corrected chi connectivity index (χ3v) is 11.6. The SMILES string of the molecule is CCC(=O)O.CCCCCCCCCCCCCCCCSC(C)(SCCCCCCCCCCCCCCCC)C(=O)O. The van der Waals surface area contributed by atoms with Crippen molar-refractivity contribution in [3.8, 4) is 0 Å². The molecule has 0 saturated heterocycles. The minimum atomic E-state index is -0.745. The van der Waals surface area contributed by atoms with Crippen LogP contribution >= 0.6 is 23.5 Å². The van der Waals surface area contributed by atoms with Crippen LogP contribution in [0.15, 0.2) is 0 Å². The number of unbranched alkanes of at least 4 members (excludes halogenated alkanes) is 26. The number of carboxylic acids is 2. The highest BCUT2D eigenvalue weighted by atomic mass is 32.2. The Morgan fingerprint density at radius 3 is 0.818 bits per heavy atom. The summed E-state index contributed by atoms with van der Waals surface area (Å²) in [6, 6.07) is 0. The quantitative estimate of drug-likeness (QED) is 0.0528. The molecule has 4 nitrogen and oxygen atoms in total. The van der Waals surface area contributed by atoms with Crippen molar-refractivity contribution >= 4 is 35.5 Å². The van der Waals surface area contributed by atoms with Gasteiger partial charge in [-0.15, -0.1) is 23.5 Å². The maximum atomic E-state index is 11.9. The molecule has 6 heteroatoms. The molecule has 264 valence electrons. The van der Waals surface area contributed by atoms with Crippen LogP contribution in [0.2, 0.25) is 0 Å². The fourth-order valence-electron chi connectivity index (χ4n) is 5.29. The zero-order valence-electron chi connectivity index (χ0n) is 29.9. The second-order valence-corrected chi connectivity index (χ2v) is 16.2. The van der Waals surface area contributed by atoms with Crippen LogP contribution in [0, 0.1) is 0 Å². The van der Waals surface area contributed by atoms with Crippen molar-refractivity contribution in [2.45, 2.75) is 218 Å². The van der Waals surface area contributed by atoms with Crippen LogP contribution in [-0.4, -0.2) is 37.7 Å². The fourth-order valence-corrected chi connectivity index (χ4v) is 7.85. The molecule has 0 radical (unpaired) electrons. The Morgan fingerprint density at radius 2 is 0.636 bits per heavy atom. The Kier molecular flexibility index (Phi) is 38.6. The average Bonchev–Trinajstić information content (AvgIpc) is 3.01. The summed E-state index contributed by atoms with van der Waals surface area (Å²) >= 11 is 3.33. The van der Waals surface area contributed by atoms with Gasteiger partial charge in [-0.05, 0) is 31.3 Å². The van der Waals surface area contributed by atoms with E-state index in [1.54, 1.807) is 30.4 Å². The molecular weight excluding hydrogens is 585 g/mol. The van der Waals surface area contributed by atoms with Crippen LogP contribution in [0.5, 0.6) is 0 Å². The molecule has 0 bridgehead atoms. The second-order valence-electron chi connectivity index (χ2n) is 12.9. The molecule has 0 heterocycles. The van der Waals surface area contributed by atoms with E-state index in [1.165, 1.54) is 167 Å². The molecule has 0 aliphatic heterocycles. The number of hydrogen-bond donors (Lipinski definition) is 2. The van der Waals surface area contributed by atoms with Gasteiger partial charge < -0.3 is 10.2 Å². The summed E-state index contributed by atoms with van der Waals surface area (Å²) in [5.74, 6) is 0.567. The maximum Gasteiger partial charge on any atom is 0.329 e. The molecule has 0 rings (SSSR count). The van der Waals surface area contributed by atoms with E-state index in [0.29, 0.717) is 0 Å². The first kappa shape index (κ1) is 45.8. The minimum Gasteiger partial charge on any atom is -0.481 e. The van der Waals surface area contributed by atoms with Gasteiger partial charge in [0.1, 0.15) is 0 Å². The highest BCUT2D eigenvalue weighted by Gasteiger charge is 2.33. The van der Waals surface area contributed by atoms with Gasteiger partial charge in [-0.2, -0.15) is 0 Å². The minimum absolute atomic E-state index is 0.222. The third-order valence-electron chi connectivity index (χ3n) is 8.44. The van der Waals surface area contributed by atoms with E-state index in [2.05, 4.69) is 13.8 Å². The van der Waals surface area contributed by atoms with Crippen LogP contribution in [0.25, 0.3) is 0 Å². The highest BCUT2D eigenvalue weighted by molar-refractivity contribution is 8.19. The van der Waals surface area contributed by atoms with Crippen LogP contribution in [0.1, 0.15) is 214 Å². The van der Waals surface area contributed by atoms with E-state index in [1.807, 2.05) is 6.92 Å². The molecule has 0 fully saturated rings. The lowest BCUT2D eigenvalue weighted by Crippen LogP contribution is -2.28. The molecule has 0 atom stereocenters. The monoisotopic (exact) mass is 661 g/mol. The smallest absolute Gasteiger partial charge is 0.329 e. The zero-order valence-corrected chi connectivity index (χ0v) is 31.6. The standard InChI is InChI=1S/C35H70O2S2.C3H6O2/c1-4-6-8-10-12-14-16-18-20-22-24-26-28-30-32-38-35(3,34(36)37)39-33-31-29-27-25-23-21-19-17-15-13-11-9-7-5-2;1-2-3(4)5/h4-33H2,1-3H3,(H,36,37);2H2,1H3,(H,4,5). The summed E-state index contributed by atoms with van der Waals surface area (Å²) in [6.45, 7) is 8.10. The first-order valence-electron chi connectivity index (χ1n) is 19.1. The Hall–Kier alpha value is -0.360. The first-order valence-corrected chi connectivity index (χ1v) is 21.0. The zero-order chi connectivity index (χ0) is 33.0. The Balaban J connectivity index is 0. The maximum absolute atomic E-state index is 11.9. The second kappa shape index (κ2) is 37.1. The molecule has 0 amide bonds. The third kappa shape index (κ3) is 36.1. The van der Waals surface area contributed by atoms with Gasteiger partial charge in [0.15, 0.2) is 4.08 Å². The van der Waals surface area contributed by atoms with E-state index < -0.39 is 16.0 Å². The molecule has 0 saturated carbocycles. The molecule has 44 heavy (non-hydrogen) atoms. The van der Waals surface area contributed by atoms with Crippen molar-refractivity contribution in [3.05, 3.63) is 0 Å². The van der Waals surface area contributed by atoms with Gasteiger partial charge >= 0.3 is 11.9 Å². The van der Waals surface area contributed by atoms with Crippen molar-refractivity contribution < 1.29 is 19.8 Å². The number of hydrogen-bond acceptors (Lipinski definition) is 4. The molecule has 0 aromatic carbocycles. The summed E-state index contributed by atoms with van der Waals surface area (Å²) in [5.41, 5.74) is 0. The molecule has 0 aliphatic carbocycles. The number of carbonyl (C=O) groups is 2. The fraction of sp³-hybridized carbons (Fsp3) is 0.947. The van der Waals surface area contributed by atoms with Gasteiger partial charge in [-0.25, -0.2) is 4.79 Å². The lowest BCUT2D eigenvalue weighted by atomic mass is 10.0. The van der Waals surface area contributed by atoms with Crippen LogP contribution in [0.4, 0.5) is 0 Å². The summed E-state index contributed by atoms with van der Waals surface area (Å²) < 4.78 is -0.674. The lowest BCUT2D eigenvalue weighted by molar-refractivity contribution is -0.137. The van der Waals surface area contributed by atoms with Gasteiger partial charge in [0.25, 0.3) is 0 Å². The predicted molar refractivity (Wildman–Crippen MR) is 200 cm³/mol. The van der Waals surface area contributed by atoms with Gasteiger partial charge in [-0.1, -0.05) is 188 Å². The Bertz CT molecular complexity index is 565. The van der Waals surface area contributed by atoms with E-state index in [4.69, 9.17) is 5.11 Å². The van der Waals surface area contributed by atoms with Crippen molar-refractivity contribution in [3.63, 3.8) is 0 Å². The van der Waals surface area contributed by atoms with Gasteiger partial charge in [-0.3, -0.25) is 4.79 Å². The molecular formula is C38H76O4S2. The van der Waals surface area contributed by atoms with E-state index in [9.17, 15) is 14.7 Å². The average molecular weight is 661 g/mol. The molecule has 2 N–H and O–H groups in total. The van der Waals surface area contributed by atoms with E-state index in [-0.39, 0.29) is 6.42 Å². The van der Waals surface area contributed by atoms with Crippen molar-refractivity contribution in [1.29, 1.82) is 0 Å². The number of carboxylic acid groups (broad SMARTS) is 2. The number of aliphatic carboxylic acids is 2.